The van der Waals surface area contributed by atoms with Gasteiger partial charge in [0.1, 0.15) is 5.82 Å². The molecule has 0 aromatic carbocycles. The topological polar surface area (TPSA) is 42.8 Å². The van der Waals surface area contributed by atoms with Crippen LogP contribution >= 0.6 is 12.2 Å². The molecule has 1 aromatic rings. The third kappa shape index (κ3) is 2.71. The SMILES string of the molecule is CCCn1c(CC2CCCCO2)n[nH]c1=S. The van der Waals surface area contributed by atoms with Crippen molar-refractivity contribution >= 4 is 12.2 Å². The second-order valence-corrected chi connectivity index (χ2v) is 4.68. The largest absolute Gasteiger partial charge is 0.378 e. The molecule has 4 nitrogen and oxygen atoms in total. The first-order chi connectivity index (χ1) is 7.81. The minimum absolute atomic E-state index is 0.328. The Balaban J connectivity index is 2.05. The quantitative estimate of drug-likeness (QED) is 0.823. The maximum Gasteiger partial charge on any atom is 0.195 e. The van der Waals surface area contributed by atoms with Gasteiger partial charge in [-0.2, -0.15) is 5.10 Å². The smallest absolute Gasteiger partial charge is 0.195 e. The Bertz CT molecular complexity index is 379. The van der Waals surface area contributed by atoms with Crippen LogP contribution in [0.25, 0.3) is 0 Å². The number of H-pyrrole nitrogens is 1. The van der Waals surface area contributed by atoms with Crippen LogP contribution in [0.4, 0.5) is 0 Å². The van der Waals surface area contributed by atoms with Crippen molar-refractivity contribution in [3.8, 4) is 0 Å². The van der Waals surface area contributed by atoms with E-state index < -0.39 is 0 Å². The summed E-state index contributed by atoms with van der Waals surface area (Å²) in [7, 11) is 0. The molecule has 16 heavy (non-hydrogen) atoms. The molecule has 0 saturated carbocycles. The summed E-state index contributed by atoms with van der Waals surface area (Å²) < 4.78 is 8.54. The Morgan fingerprint density at radius 2 is 2.44 bits per heavy atom. The van der Waals surface area contributed by atoms with Gasteiger partial charge < -0.3 is 9.30 Å². The first-order valence-electron chi connectivity index (χ1n) is 6.07. The Morgan fingerprint density at radius 1 is 1.56 bits per heavy atom. The number of rotatable bonds is 4. The fourth-order valence-corrected chi connectivity index (χ4v) is 2.37. The molecular weight excluding hydrogens is 222 g/mol. The lowest BCUT2D eigenvalue weighted by molar-refractivity contribution is 0.0151. The Hall–Kier alpha value is -0.680. The molecule has 0 amide bonds. The molecule has 1 N–H and O–H groups in total. The summed E-state index contributed by atoms with van der Waals surface area (Å²) >= 11 is 5.21. The van der Waals surface area contributed by atoms with Crippen molar-refractivity contribution < 1.29 is 4.74 Å². The third-order valence-corrected chi connectivity index (χ3v) is 3.28. The van der Waals surface area contributed by atoms with Gasteiger partial charge in [0.05, 0.1) is 6.10 Å². The maximum atomic E-state index is 5.72. The van der Waals surface area contributed by atoms with Crippen molar-refractivity contribution in [2.75, 3.05) is 6.61 Å². The van der Waals surface area contributed by atoms with Gasteiger partial charge in [-0.15, -0.1) is 0 Å². The average molecular weight is 241 g/mol. The van der Waals surface area contributed by atoms with Gasteiger partial charge in [-0.25, -0.2) is 0 Å². The Morgan fingerprint density at radius 3 is 3.12 bits per heavy atom. The van der Waals surface area contributed by atoms with Gasteiger partial charge in [-0.05, 0) is 37.9 Å². The number of hydrogen-bond donors (Lipinski definition) is 1. The van der Waals surface area contributed by atoms with E-state index >= 15 is 0 Å². The van der Waals surface area contributed by atoms with Crippen LogP contribution in [0.1, 0.15) is 38.4 Å². The highest BCUT2D eigenvalue weighted by Gasteiger charge is 2.17. The molecule has 2 rings (SSSR count). The van der Waals surface area contributed by atoms with Gasteiger partial charge in [-0.1, -0.05) is 6.92 Å². The Kier molecular flexibility index (Phi) is 4.12. The summed E-state index contributed by atoms with van der Waals surface area (Å²) in [5.74, 6) is 1.04. The van der Waals surface area contributed by atoms with E-state index in [0.29, 0.717) is 6.10 Å². The molecular formula is C11H19N3OS. The normalized spacial score (nSPS) is 21.2. The van der Waals surface area contributed by atoms with Gasteiger partial charge >= 0.3 is 0 Å². The summed E-state index contributed by atoms with van der Waals surface area (Å²) in [5, 5.41) is 7.17. The van der Waals surface area contributed by atoms with Crippen LogP contribution < -0.4 is 0 Å². The van der Waals surface area contributed by atoms with Gasteiger partial charge in [0.15, 0.2) is 4.77 Å². The number of aromatic amines is 1. The number of aromatic nitrogens is 3. The first-order valence-corrected chi connectivity index (χ1v) is 6.47. The second-order valence-electron chi connectivity index (χ2n) is 4.29. The molecule has 1 fully saturated rings. The fourth-order valence-electron chi connectivity index (χ4n) is 2.13. The van der Waals surface area contributed by atoms with E-state index in [9.17, 15) is 0 Å². The molecule has 1 aliphatic rings. The number of nitrogens with one attached hydrogen (secondary N) is 1. The van der Waals surface area contributed by atoms with Crippen molar-refractivity contribution in [1.82, 2.24) is 14.8 Å². The summed E-state index contributed by atoms with van der Waals surface area (Å²) in [6.45, 7) is 3.98. The lowest BCUT2D eigenvalue weighted by Gasteiger charge is -2.22. The zero-order valence-electron chi connectivity index (χ0n) is 9.74. The fraction of sp³-hybridized carbons (Fsp3) is 0.818. The zero-order valence-corrected chi connectivity index (χ0v) is 10.6. The molecule has 1 aliphatic heterocycles. The third-order valence-electron chi connectivity index (χ3n) is 2.97. The van der Waals surface area contributed by atoms with Crippen LogP contribution in [0.15, 0.2) is 0 Å². The molecule has 0 aliphatic carbocycles. The second kappa shape index (κ2) is 5.59. The molecule has 1 atom stereocenters. The number of nitrogens with zero attached hydrogens (tertiary/aromatic N) is 2. The average Bonchev–Trinajstić information content (AvgIpc) is 2.64. The first kappa shape index (κ1) is 11.8. The maximum absolute atomic E-state index is 5.72. The molecule has 0 bridgehead atoms. The molecule has 0 spiro atoms. The van der Waals surface area contributed by atoms with E-state index in [4.69, 9.17) is 17.0 Å². The van der Waals surface area contributed by atoms with Crippen LogP contribution in [0.2, 0.25) is 0 Å². The summed E-state index contributed by atoms with van der Waals surface area (Å²) in [4.78, 5) is 0. The summed E-state index contributed by atoms with van der Waals surface area (Å²) in [5.41, 5.74) is 0. The predicted octanol–water partition coefficient (Wildman–Crippen LogP) is 2.46. The van der Waals surface area contributed by atoms with Crippen molar-refractivity contribution in [1.29, 1.82) is 0 Å². The predicted molar refractivity (Wildman–Crippen MR) is 65.0 cm³/mol. The van der Waals surface area contributed by atoms with Crippen molar-refractivity contribution in [2.45, 2.75) is 51.7 Å². The number of hydrogen-bond acceptors (Lipinski definition) is 3. The highest BCUT2D eigenvalue weighted by molar-refractivity contribution is 7.71. The van der Waals surface area contributed by atoms with Crippen LogP contribution in [0.3, 0.4) is 0 Å². The van der Waals surface area contributed by atoms with E-state index in [1.54, 1.807) is 0 Å². The van der Waals surface area contributed by atoms with Gasteiger partial charge in [0.2, 0.25) is 0 Å². The Labute approximate surface area is 101 Å². The van der Waals surface area contributed by atoms with E-state index in [-0.39, 0.29) is 0 Å². The van der Waals surface area contributed by atoms with E-state index in [2.05, 4.69) is 21.7 Å². The number of ether oxygens (including phenoxy) is 1. The van der Waals surface area contributed by atoms with Gasteiger partial charge in [0.25, 0.3) is 0 Å². The monoisotopic (exact) mass is 241 g/mol. The van der Waals surface area contributed by atoms with Crippen molar-refractivity contribution in [2.24, 2.45) is 0 Å². The van der Waals surface area contributed by atoms with Crippen LogP contribution in [0.5, 0.6) is 0 Å². The van der Waals surface area contributed by atoms with Crippen LogP contribution in [-0.4, -0.2) is 27.5 Å². The minimum atomic E-state index is 0.328. The van der Waals surface area contributed by atoms with E-state index in [1.807, 2.05) is 0 Å². The molecule has 90 valence electrons. The van der Waals surface area contributed by atoms with Gasteiger partial charge in [-0.3, -0.25) is 5.10 Å². The molecule has 2 heterocycles. The van der Waals surface area contributed by atoms with Crippen LogP contribution in [-0.2, 0) is 17.7 Å². The highest BCUT2D eigenvalue weighted by atomic mass is 32.1. The van der Waals surface area contributed by atoms with E-state index in [0.717, 1.165) is 43.0 Å². The summed E-state index contributed by atoms with van der Waals surface area (Å²) in [6, 6.07) is 0. The summed E-state index contributed by atoms with van der Waals surface area (Å²) in [6.07, 6.45) is 5.89. The molecule has 1 saturated heterocycles. The molecule has 5 heteroatoms. The van der Waals surface area contributed by atoms with Gasteiger partial charge in [0, 0.05) is 19.6 Å². The lowest BCUT2D eigenvalue weighted by Crippen LogP contribution is -2.23. The highest BCUT2D eigenvalue weighted by Crippen LogP contribution is 2.16. The van der Waals surface area contributed by atoms with Crippen molar-refractivity contribution in [3.63, 3.8) is 0 Å². The molecule has 1 unspecified atom stereocenters. The van der Waals surface area contributed by atoms with Crippen LogP contribution in [0, 0.1) is 4.77 Å². The van der Waals surface area contributed by atoms with Crippen molar-refractivity contribution in [3.05, 3.63) is 10.6 Å². The minimum Gasteiger partial charge on any atom is -0.378 e. The zero-order chi connectivity index (χ0) is 11.4. The van der Waals surface area contributed by atoms with E-state index in [1.165, 1.54) is 12.8 Å². The lowest BCUT2D eigenvalue weighted by atomic mass is 10.1. The standard InChI is InChI=1S/C11H19N3OS/c1-2-6-14-10(12-13-11(14)16)8-9-5-3-4-7-15-9/h9H,2-8H2,1H3,(H,13,16). The molecule has 0 radical (unpaired) electrons. The molecule has 1 aromatic heterocycles.